The number of ether oxygens (including phenoxy) is 2. The quantitative estimate of drug-likeness (QED) is 0.209. The van der Waals surface area contributed by atoms with Crippen molar-refractivity contribution in [3.8, 4) is 11.5 Å². The van der Waals surface area contributed by atoms with Gasteiger partial charge in [0.2, 0.25) is 0 Å². The first-order chi connectivity index (χ1) is 9.71. The molecule has 1 aromatic rings. The molecule has 6 nitrogen and oxygen atoms in total. The largest absolute Gasteiger partial charge is 0.493 e. The molecule has 0 aliphatic rings. The molecule has 0 saturated carbocycles. The minimum absolute atomic E-state index is 0.270. The van der Waals surface area contributed by atoms with Crippen molar-refractivity contribution in [1.82, 2.24) is 5.32 Å². The van der Waals surface area contributed by atoms with Gasteiger partial charge in [-0.2, -0.15) is 0 Å². The van der Waals surface area contributed by atoms with E-state index in [2.05, 4.69) is 10.5 Å². The number of rotatable bonds is 9. The Bertz CT molecular complexity index is 436. The molecule has 0 atom stereocenters. The van der Waals surface area contributed by atoms with Crippen LogP contribution in [0.1, 0.15) is 18.4 Å². The number of methoxy groups -OCH3 is 2. The normalized spacial score (nSPS) is 11.4. The van der Waals surface area contributed by atoms with Gasteiger partial charge in [0, 0.05) is 6.42 Å². The molecule has 0 aliphatic heterocycles. The zero-order chi connectivity index (χ0) is 14.8. The molecule has 0 saturated heterocycles. The lowest BCUT2D eigenvalue weighted by molar-refractivity contribution is 0.316. The summed E-state index contributed by atoms with van der Waals surface area (Å²) in [7, 11) is 3.26. The van der Waals surface area contributed by atoms with E-state index >= 15 is 0 Å². The van der Waals surface area contributed by atoms with Crippen molar-refractivity contribution in [3.63, 3.8) is 0 Å². The molecule has 20 heavy (non-hydrogen) atoms. The van der Waals surface area contributed by atoms with Crippen molar-refractivity contribution in [2.45, 2.75) is 19.3 Å². The maximum atomic E-state index is 8.40. The van der Waals surface area contributed by atoms with Crippen LogP contribution in [0.3, 0.4) is 0 Å². The number of hydrogen-bond acceptors (Lipinski definition) is 5. The lowest BCUT2D eigenvalue weighted by atomic mass is 10.1. The summed E-state index contributed by atoms with van der Waals surface area (Å²) in [4.78, 5) is 0. The summed E-state index contributed by atoms with van der Waals surface area (Å²) in [6.07, 6.45) is 2.35. The van der Waals surface area contributed by atoms with Crippen LogP contribution in [-0.4, -0.2) is 38.4 Å². The van der Waals surface area contributed by atoms with Gasteiger partial charge in [0.25, 0.3) is 0 Å². The van der Waals surface area contributed by atoms with Crippen molar-refractivity contribution >= 4 is 5.84 Å². The maximum absolute atomic E-state index is 8.40. The van der Waals surface area contributed by atoms with Gasteiger partial charge in [-0.3, -0.25) is 0 Å². The van der Waals surface area contributed by atoms with Crippen LogP contribution in [-0.2, 0) is 6.42 Å². The third-order valence-corrected chi connectivity index (χ3v) is 2.95. The van der Waals surface area contributed by atoms with Crippen molar-refractivity contribution in [2.24, 2.45) is 10.9 Å². The van der Waals surface area contributed by atoms with E-state index in [0.29, 0.717) is 6.42 Å². The predicted molar refractivity (Wildman–Crippen MR) is 78.8 cm³/mol. The summed E-state index contributed by atoms with van der Waals surface area (Å²) >= 11 is 0. The molecule has 0 radical (unpaired) electrons. The molecule has 1 rings (SSSR count). The third-order valence-electron chi connectivity index (χ3n) is 2.95. The van der Waals surface area contributed by atoms with E-state index in [4.69, 9.17) is 20.4 Å². The molecule has 0 fully saturated rings. The topological polar surface area (TPSA) is 89.1 Å². The van der Waals surface area contributed by atoms with Crippen LogP contribution in [0.2, 0.25) is 0 Å². The van der Waals surface area contributed by atoms with Gasteiger partial charge in [-0.1, -0.05) is 11.2 Å². The second kappa shape index (κ2) is 9.03. The van der Waals surface area contributed by atoms with E-state index in [1.807, 2.05) is 18.2 Å². The lowest BCUT2D eigenvalue weighted by Crippen LogP contribution is -2.20. The zero-order valence-electron chi connectivity index (χ0n) is 12.1. The number of oxime groups is 1. The summed E-state index contributed by atoms with van der Waals surface area (Å²) in [5.74, 6) is 1.76. The van der Waals surface area contributed by atoms with E-state index in [0.717, 1.165) is 37.4 Å². The average molecular weight is 281 g/mol. The predicted octanol–water partition coefficient (Wildman–Crippen LogP) is 1.36. The Morgan fingerprint density at radius 3 is 2.65 bits per heavy atom. The van der Waals surface area contributed by atoms with E-state index in [9.17, 15) is 0 Å². The SMILES string of the molecule is COc1ccc(CCNCCCC(N)=NO)cc1OC. The van der Waals surface area contributed by atoms with Crippen molar-refractivity contribution in [2.75, 3.05) is 27.3 Å². The highest BCUT2D eigenvalue weighted by Gasteiger charge is 2.04. The lowest BCUT2D eigenvalue weighted by Gasteiger charge is -2.10. The van der Waals surface area contributed by atoms with Gasteiger partial charge in [-0.05, 0) is 43.6 Å². The molecular weight excluding hydrogens is 258 g/mol. The Labute approximate surface area is 119 Å². The molecule has 0 amide bonds. The molecule has 1 aromatic carbocycles. The van der Waals surface area contributed by atoms with E-state index < -0.39 is 0 Å². The Balaban J connectivity index is 2.28. The fraction of sp³-hybridized carbons (Fsp3) is 0.500. The maximum Gasteiger partial charge on any atom is 0.160 e. The van der Waals surface area contributed by atoms with Crippen LogP contribution in [0.15, 0.2) is 23.4 Å². The van der Waals surface area contributed by atoms with Crippen molar-refractivity contribution < 1.29 is 14.7 Å². The van der Waals surface area contributed by atoms with Gasteiger partial charge < -0.3 is 25.7 Å². The molecule has 0 unspecified atom stereocenters. The molecule has 4 N–H and O–H groups in total. The molecule has 6 heteroatoms. The first kappa shape index (κ1) is 16.1. The van der Waals surface area contributed by atoms with Gasteiger partial charge in [0.1, 0.15) is 5.84 Å². The van der Waals surface area contributed by atoms with Gasteiger partial charge >= 0.3 is 0 Å². The van der Waals surface area contributed by atoms with E-state index in [1.54, 1.807) is 14.2 Å². The molecule has 0 heterocycles. The molecule has 0 bridgehead atoms. The first-order valence-corrected chi connectivity index (χ1v) is 6.59. The number of nitrogens with zero attached hydrogens (tertiary/aromatic N) is 1. The van der Waals surface area contributed by atoms with E-state index in [-0.39, 0.29) is 5.84 Å². The summed E-state index contributed by atoms with van der Waals surface area (Å²) in [5.41, 5.74) is 6.57. The second-order valence-corrected chi connectivity index (χ2v) is 4.38. The molecule has 0 aliphatic carbocycles. The summed E-state index contributed by atoms with van der Waals surface area (Å²) in [5, 5.41) is 14.6. The smallest absolute Gasteiger partial charge is 0.160 e. The summed E-state index contributed by atoms with van der Waals surface area (Å²) < 4.78 is 10.5. The van der Waals surface area contributed by atoms with Crippen LogP contribution in [0, 0.1) is 0 Å². The number of nitrogens with two attached hydrogens (primary N) is 1. The van der Waals surface area contributed by atoms with Gasteiger partial charge in [0.15, 0.2) is 11.5 Å². The number of nitrogens with one attached hydrogen (secondary N) is 1. The summed E-state index contributed by atoms with van der Waals surface area (Å²) in [6, 6.07) is 5.92. The Morgan fingerprint density at radius 1 is 1.25 bits per heavy atom. The molecule has 112 valence electrons. The fourth-order valence-electron chi connectivity index (χ4n) is 1.84. The standard InChI is InChI=1S/C14H23N3O3/c1-19-12-6-5-11(10-13(12)20-2)7-9-16-8-3-4-14(15)17-18/h5-6,10,16,18H,3-4,7-9H2,1-2H3,(H2,15,17). The van der Waals surface area contributed by atoms with Gasteiger partial charge in [-0.25, -0.2) is 0 Å². The van der Waals surface area contributed by atoms with Crippen LogP contribution in [0.4, 0.5) is 0 Å². The number of hydrogen-bond donors (Lipinski definition) is 3. The highest BCUT2D eigenvalue weighted by Crippen LogP contribution is 2.27. The van der Waals surface area contributed by atoms with Crippen LogP contribution in [0.5, 0.6) is 11.5 Å². The van der Waals surface area contributed by atoms with Crippen LogP contribution < -0.4 is 20.5 Å². The van der Waals surface area contributed by atoms with E-state index in [1.165, 1.54) is 5.56 Å². The van der Waals surface area contributed by atoms with Crippen molar-refractivity contribution in [1.29, 1.82) is 0 Å². The Kier molecular flexibility index (Phi) is 7.27. The third kappa shape index (κ3) is 5.36. The highest BCUT2D eigenvalue weighted by molar-refractivity contribution is 5.79. The average Bonchev–Trinajstić information content (AvgIpc) is 2.49. The monoisotopic (exact) mass is 281 g/mol. The molecular formula is C14H23N3O3. The van der Waals surface area contributed by atoms with Crippen molar-refractivity contribution in [3.05, 3.63) is 23.8 Å². The minimum atomic E-state index is 0.270. The van der Waals surface area contributed by atoms with Crippen LogP contribution in [0.25, 0.3) is 0 Å². The molecule has 0 aromatic heterocycles. The number of amidine groups is 1. The highest BCUT2D eigenvalue weighted by atomic mass is 16.5. The molecule has 0 spiro atoms. The van der Waals surface area contributed by atoms with Gasteiger partial charge in [0.05, 0.1) is 14.2 Å². The van der Waals surface area contributed by atoms with Crippen LogP contribution >= 0.6 is 0 Å². The number of benzene rings is 1. The zero-order valence-corrected chi connectivity index (χ0v) is 12.1. The Morgan fingerprint density at radius 2 is 2.00 bits per heavy atom. The Hall–Kier alpha value is -1.95. The fourth-order valence-corrected chi connectivity index (χ4v) is 1.84. The summed E-state index contributed by atoms with van der Waals surface area (Å²) in [6.45, 7) is 1.70. The van der Waals surface area contributed by atoms with Gasteiger partial charge in [-0.15, -0.1) is 0 Å². The minimum Gasteiger partial charge on any atom is -0.493 e. The first-order valence-electron chi connectivity index (χ1n) is 6.59. The second-order valence-electron chi connectivity index (χ2n) is 4.38.